The monoisotopic (exact) mass is 325 g/mol. The third kappa shape index (κ3) is 2.46. The second kappa shape index (κ2) is 5.56. The van der Waals surface area contributed by atoms with Gasteiger partial charge in [0.2, 0.25) is 0 Å². The number of aliphatic imine (C=N–C) groups is 1. The summed E-state index contributed by atoms with van der Waals surface area (Å²) in [5, 5.41) is 10.3. The minimum absolute atomic E-state index is 0.461. The molecule has 3 aromatic carbocycles. The zero-order chi connectivity index (χ0) is 16.6. The molecule has 5 heteroatoms. The van der Waals surface area contributed by atoms with Crippen molar-refractivity contribution in [3.05, 3.63) is 84.2 Å². The summed E-state index contributed by atoms with van der Waals surface area (Å²) in [5.74, 6) is 1.26. The van der Waals surface area contributed by atoms with Crippen LogP contribution >= 0.6 is 0 Å². The Kier molecular flexibility index (Phi) is 3.10. The van der Waals surface area contributed by atoms with E-state index in [2.05, 4.69) is 56.8 Å². The molecule has 120 valence electrons. The van der Waals surface area contributed by atoms with Crippen LogP contribution in [0.2, 0.25) is 0 Å². The second-order valence-electron chi connectivity index (χ2n) is 6.02. The summed E-state index contributed by atoms with van der Waals surface area (Å²) < 4.78 is 1.80. The van der Waals surface area contributed by atoms with Crippen LogP contribution < -0.4 is 5.32 Å². The molecule has 0 atom stereocenters. The molecule has 0 saturated carbocycles. The Morgan fingerprint density at radius 2 is 1.76 bits per heavy atom. The van der Waals surface area contributed by atoms with Crippen molar-refractivity contribution >= 4 is 28.2 Å². The Bertz CT molecular complexity index is 1090. The van der Waals surface area contributed by atoms with E-state index in [1.807, 2.05) is 30.3 Å². The number of anilines is 1. The van der Waals surface area contributed by atoms with Gasteiger partial charge in [0.1, 0.15) is 12.2 Å². The molecular formula is C20H15N5. The van der Waals surface area contributed by atoms with Crippen LogP contribution in [0.5, 0.6) is 0 Å². The van der Waals surface area contributed by atoms with Gasteiger partial charge >= 0.3 is 0 Å². The SMILES string of the molecule is c1ccc(Cn2cnc(/N=C3\Nc4cccc5cccc3c45)n2)cc1. The van der Waals surface area contributed by atoms with Crippen molar-refractivity contribution in [3.63, 3.8) is 0 Å². The van der Waals surface area contributed by atoms with Gasteiger partial charge in [0.15, 0.2) is 0 Å². The average molecular weight is 325 g/mol. The van der Waals surface area contributed by atoms with E-state index in [9.17, 15) is 0 Å². The number of hydrogen-bond donors (Lipinski definition) is 1. The molecule has 0 amide bonds. The lowest BCUT2D eigenvalue weighted by Gasteiger charge is -2.00. The minimum atomic E-state index is 0.461. The van der Waals surface area contributed by atoms with Gasteiger partial charge in [-0.2, -0.15) is 9.98 Å². The lowest BCUT2D eigenvalue weighted by atomic mass is 10.1. The third-order valence-electron chi connectivity index (χ3n) is 4.34. The van der Waals surface area contributed by atoms with Crippen molar-refractivity contribution in [2.75, 3.05) is 5.32 Å². The van der Waals surface area contributed by atoms with Gasteiger partial charge in [-0.15, -0.1) is 5.10 Å². The van der Waals surface area contributed by atoms with E-state index < -0.39 is 0 Å². The fraction of sp³-hybridized carbons (Fsp3) is 0.0500. The molecule has 0 saturated heterocycles. The van der Waals surface area contributed by atoms with Crippen LogP contribution in [0.4, 0.5) is 11.6 Å². The highest BCUT2D eigenvalue weighted by Crippen LogP contribution is 2.33. The van der Waals surface area contributed by atoms with Crippen LogP contribution in [0.25, 0.3) is 10.8 Å². The molecule has 1 N–H and O–H groups in total. The highest BCUT2D eigenvalue weighted by atomic mass is 15.4. The van der Waals surface area contributed by atoms with Crippen molar-refractivity contribution in [1.82, 2.24) is 14.8 Å². The van der Waals surface area contributed by atoms with E-state index in [4.69, 9.17) is 0 Å². The third-order valence-corrected chi connectivity index (χ3v) is 4.34. The summed E-state index contributed by atoms with van der Waals surface area (Å²) in [4.78, 5) is 8.95. The molecule has 2 heterocycles. The quantitative estimate of drug-likeness (QED) is 0.620. The Morgan fingerprint density at radius 1 is 0.920 bits per heavy atom. The van der Waals surface area contributed by atoms with E-state index in [0.717, 1.165) is 17.1 Å². The summed E-state index contributed by atoms with van der Waals surface area (Å²) in [7, 11) is 0. The number of benzene rings is 3. The molecule has 0 radical (unpaired) electrons. The van der Waals surface area contributed by atoms with Crippen molar-refractivity contribution in [2.24, 2.45) is 4.99 Å². The zero-order valence-electron chi connectivity index (χ0n) is 13.4. The van der Waals surface area contributed by atoms with Gasteiger partial charge in [-0.3, -0.25) is 0 Å². The molecule has 4 aromatic rings. The molecule has 5 nitrogen and oxygen atoms in total. The molecular weight excluding hydrogens is 310 g/mol. The fourth-order valence-corrected chi connectivity index (χ4v) is 3.21. The van der Waals surface area contributed by atoms with Crippen molar-refractivity contribution < 1.29 is 0 Å². The summed E-state index contributed by atoms with van der Waals surface area (Å²) in [5.41, 5.74) is 3.35. The highest BCUT2D eigenvalue weighted by molar-refractivity contribution is 6.26. The van der Waals surface area contributed by atoms with Crippen molar-refractivity contribution in [3.8, 4) is 0 Å². The molecule has 1 aromatic heterocycles. The summed E-state index contributed by atoms with van der Waals surface area (Å²) in [6.45, 7) is 0.682. The molecule has 0 bridgehead atoms. The number of rotatable bonds is 3. The van der Waals surface area contributed by atoms with Gasteiger partial charge in [0.25, 0.3) is 5.95 Å². The largest absolute Gasteiger partial charge is 0.339 e. The normalized spacial score (nSPS) is 14.2. The van der Waals surface area contributed by atoms with Crippen molar-refractivity contribution in [2.45, 2.75) is 6.54 Å². The number of nitrogens with one attached hydrogen (secondary N) is 1. The second-order valence-corrected chi connectivity index (χ2v) is 6.02. The summed E-state index contributed by atoms with van der Waals surface area (Å²) in [6.07, 6.45) is 1.72. The van der Waals surface area contributed by atoms with Gasteiger partial charge in [0, 0.05) is 16.6 Å². The number of amidine groups is 1. The Hall–Kier alpha value is -3.47. The van der Waals surface area contributed by atoms with E-state index in [1.54, 1.807) is 11.0 Å². The van der Waals surface area contributed by atoms with Gasteiger partial charge in [-0.05, 0) is 17.0 Å². The van der Waals surface area contributed by atoms with Crippen LogP contribution in [0.3, 0.4) is 0 Å². The lowest BCUT2D eigenvalue weighted by Crippen LogP contribution is -2.06. The summed E-state index contributed by atoms with van der Waals surface area (Å²) >= 11 is 0. The molecule has 0 aliphatic carbocycles. The maximum atomic E-state index is 4.62. The van der Waals surface area contributed by atoms with Crippen LogP contribution in [0.1, 0.15) is 11.1 Å². The standard InChI is InChI=1S/C20H15N5/c1-2-6-14(7-3-1)12-25-13-21-20(24-25)23-19-16-10-4-8-15-9-5-11-17(22-19)18(15)16/h1-11,13H,12H2,(H,22,23,24). The molecule has 5 rings (SSSR count). The lowest BCUT2D eigenvalue weighted by molar-refractivity contribution is 0.686. The summed E-state index contributed by atoms with van der Waals surface area (Å²) in [6, 6.07) is 22.6. The smallest absolute Gasteiger partial charge is 0.270 e. The first-order chi connectivity index (χ1) is 12.4. The number of hydrogen-bond acceptors (Lipinski definition) is 3. The molecule has 25 heavy (non-hydrogen) atoms. The van der Waals surface area contributed by atoms with E-state index >= 15 is 0 Å². The fourth-order valence-electron chi connectivity index (χ4n) is 3.21. The average Bonchev–Trinajstić information content (AvgIpc) is 3.23. The van der Waals surface area contributed by atoms with Crippen LogP contribution in [-0.4, -0.2) is 20.6 Å². The highest BCUT2D eigenvalue weighted by Gasteiger charge is 2.19. The molecule has 0 fully saturated rings. The molecule has 0 unspecified atom stereocenters. The Labute approximate surface area is 144 Å². The maximum Gasteiger partial charge on any atom is 0.270 e. The van der Waals surface area contributed by atoms with E-state index in [0.29, 0.717) is 12.5 Å². The number of aromatic nitrogens is 3. The van der Waals surface area contributed by atoms with Crippen LogP contribution in [0, 0.1) is 0 Å². The van der Waals surface area contributed by atoms with Crippen LogP contribution in [-0.2, 0) is 6.54 Å². The topological polar surface area (TPSA) is 55.1 Å². The molecule has 1 aliphatic rings. The Balaban J connectivity index is 1.48. The zero-order valence-corrected chi connectivity index (χ0v) is 13.4. The molecule has 1 aliphatic heterocycles. The van der Waals surface area contributed by atoms with Gasteiger partial charge in [0.05, 0.1) is 6.54 Å². The number of nitrogens with zero attached hydrogens (tertiary/aromatic N) is 4. The first-order valence-corrected chi connectivity index (χ1v) is 8.18. The maximum absolute atomic E-state index is 4.62. The first-order valence-electron chi connectivity index (χ1n) is 8.18. The predicted molar refractivity (Wildman–Crippen MR) is 99.3 cm³/mol. The van der Waals surface area contributed by atoms with Gasteiger partial charge in [-0.25, -0.2) is 4.68 Å². The van der Waals surface area contributed by atoms with E-state index in [1.165, 1.54) is 16.3 Å². The van der Waals surface area contributed by atoms with Crippen molar-refractivity contribution in [1.29, 1.82) is 0 Å². The molecule has 0 spiro atoms. The van der Waals surface area contributed by atoms with Crippen LogP contribution in [0.15, 0.2) is 78.0 Å². The minimum Gasteiger partial charge on any atom is -0.339 e. The predicted octanol–water partition coefficient (Wildman–Crippen LogP) is 3.98. The van der Waals surface area contributed by atoms with Gasteiger partial charge in [-0.1, -0.05) is 60.7 Å². The van der Waals surface area contributed by atoms with E-state index in [-0.39, 0.29) is 0 Å². The van der Waals surface area contributed by atoms with Gasteiger partial charge < -0.3 is 5.32 Å². The Morgan fingerprint density at radius 3 is 2.64 bits per heavy atom. The first kappa shape index (κ1) is 13.9.